The molecule has 1 aromatic carbocycles. The zero-order chi connectivity index (χ0) is 15.5. The highest BCUT2D eigenvalue weighted by molar-refractivity contribution is 5.24. The van der Waals surface area contributed by atoms with Crippen molar-refractivity contribution in [1.82, 2.24) is 0 Å². The van der Waals surface area contributed by atoms with Gasteiger partial charge in [0.15, 0.2) is 6.29 Å². The van der Waals surface area contributed by atoms with Gasteiger partial charge in [-0.05, 0) is 0 Å². The maximum absolute atomic E-state index is 6.01. The maximum Gasteiger partial charge on any atom is 0.256 e. The van der Waals surface area contributed by atoms with Crippen LogP contribution in [0.5, 0.6) is 0 Å². The summed E-state index contributed by atoms with van der Waals surface area (Å²) in [5, 5.41) is 0. The lowest BCUT2D eigenvalue weighted by Gasteiger charge is -2.47. The highest BCUT2D eigenvalue weighted by Crippen LogP contribution is 2.35. The third kappa shape index (κ3) is 2.90. The number of hydrogen-bond donors (Lipinski definition) is 0. The summed E-state index contributed by atoms with van der Waals surface area (Å²) < 4.78 is 34.0. The molecule has 1 radical (unpaired) electrons. The Morgan fingerprint density at radius 1 is 0.955 bits per heavy atom. The minimum Gasteiger partial charge on any atom is -0.376 e. The van der Waals surface area contributed by atoms with Crippen LogP contribution in [0.3, 0.4) is 0 Å². The molecule has 5 atom stereocenters. The molecule has 0 aromatic heterocycles. The van der Waals surface area contributed by atoms with Crippen molar-refractivity contribution in [2.75, 3.05) is 27.9 Å². The number of ether oxygens (including phenoxy) is 6. The standard InChI is InChI=1S/C16H21O6/c1-17-13-12-11(21-16(19-3)14(13)18-2)9-20-15(22-12)10-7-5-4-6-8-10/h4-8,11-14,16H,9H2,1-3H3/t11-,12-,13+,14-,16+/m1/s1. The predicted molar refractivity (Wildman–Crippen MR) is 76.9 cm³/mol. The first-order valence-electron chi connectivity index (χ1n) is 7.24. The highest BCUT2D eigenvalue weighted by atomic mass is 16.8. The molecule has 0 saturated carbocycles. The monoisotopic (exact) mass is 309 g/mol. The zero-order valence-electron chi connectivity index (χ0n) is 12.9. The van der Waals surface area contributed by atoms with Crippen molar-refractivity contribution in [2.24, 2.45) is 0 Å². The van der Waals surface area contributed by atoms with E-state index in [-0.39, 0.29) is 24.4 Å². The molecule has 2 fully saturated rings. The van der Waals surface area contributed by atoms with Crippen molar-refractivity contribution in [3.8, 4) is 0 Å². The van der Waals surface area contributed by atoms with Crippen molar-refractivity contribution in [1.29, 1.82) is 0 Å². The van der Waals surface area contributed by atoms with Gasteiger partial charge in [0.2, 0.25) is 0 Å². The van der Waals surface area contributed by atoms with Gasteiger partial charge in [-0.1, -0.05) is 30.3 Å². The van der Waals surface area contributed by atoms with E-state index in [0.29, 0.717) is 12.9 Å². The summed E-state index contributed by atoms with van der Waals surface area (Å²) in [6.45, 7) is 0.380. The van der Waals surface area contributed by atoms with E-state index in [4.69, 9.17) is 28.4 Å². The molecule has 0 unspecified atom stereocenters. The zero-order valence-corrected chi connectivity index (χ0v) is 12.9. The van der Waals surface area contributed by atoms with Crippen LogP contribution in [0.15, 0.2) is 30.3 Å². The SMILES string of the molecule is CO[C@H]1O[C@@H]2CO[C](c3ccccc3)O[C@H]2[C@H](OC)[C@H]1OC. The molecule has 6 heteroatoms. The van der Waals surface area contributed by atoms with Crippen molar-refractivity contribution in [2.45, 2.75) is 30.7 Å². The van der Waals surface area contributed by atoms with E-state index in [2.05, 4.69) is 0 Å². The first kappa shape index (κ1) is 15.9. The normalized spacial score (nSPS) is 36.0. The predicted octanol–water partition coefficient (Wildman–Crippen LogP) is 1.34. The van der Waals surface area contributed by atoms with Crippen LogP contribution in [-0.2, 0) is 28.4 Å². The first-order valence-corrected chi connectivity index (χ1v) is 7.24. The molecule has 2 aliphatic heterocycles. The van der Waals surface area contributed by atoms with E-state index in [1.165, 1.54) is 0 Å². The van der Waals surface area contributed by atoms with Gasteiger partial charge in [0, 0.05) is 26.9 Å². The Morgan fingerprint density at radius 2 is 1.68 bits per heavy atom. The third-order valence-corrected chi connectivity index (χ3v) is 4.00. The number of rotatable bonds is 4. The van der Waals surface area contributed by atoms with E-state index in [1.807, 2.05) is 30.3 Å². The number of benzene rings is 1. The van der Waals surface area contributed by atoms with E-state index in [1.54, 1.807) is 21.3 Å². The second-order valence-corrected chi connectivity index (χ2v) is 5.23. The molecule has 0 aliphatic carbocycles. The molecule has 6 nitrogen and oxygen atoms in total. The van der Waals surface area contributed by atoms with E-state index >= 15 is 0 Å². The average molecular weight is 309 g/mol. The molecule has 0 bridgehead atoms. The summed E-state index contributed by atoms with van der Waals surface area (Å²) in [4.78, 5) is 0. The number of hydrogen-bond acceptors (Lipinski definition) is 6. The van der Waals surface area contributed by atoms with Gasteiger partial charge in [-0.2, -0.15) is 0 Å². The fourth-order valence-electron chi connectivity index (χ4n) is 2.90. The summed E-state index contributed by atoms with van der Waals surface area (Å²) >= 11 is 0. The Bertz CT molecular complexity index is 467. The smallest absolute Gasteiger partial charge is 0.256 e. The third-order valence-electron chi connectivity index (χ3n) is 4.00. The number of fused-ring (bicyclic) bond motifs is 1. The Hall–Kier alpha value is -1.02. The van der Waals surface area contributed by atoms with Gasteiger partial charge in [0.25, 0.3) is 6.29 Å². The lowest BCUT2D eigenvalue weighted by molar-refractivity contribution is -0.334. The van der Waals surface area contributed by atoms with Gasteiger partial charge in [0.1, 0.15) is 24.4 Å². The van der Waals surface area contributed by atoms with Gasteiger partial charge in [-0.15, -0.1) is 0 Å². The molecule has 0 N–H and O–H groups in total. The molecule has 0 spiro atoms. The lowest BCUT2D eigenvalue weighted by atomic mass is 9.97. The first-order chi connectivity index (χ1) is 10.8. The Morgan fingerprint density at radius 3 is 2.32 bits per heavy atom. The van der Waals surface area contributed by atoms with Crippen LogP contribution in [0.1, 0.15) is 5.56 Å². The molecule has 121 valence electrons. The molecular weight excluding hydrogens is 288 g/mol. The molecule has 22 heavy (non-hydrogen) atoms. The molecular formula is C16H21O6. The minimum atomic E-state index is -0.512. The lowest BCUT2D eigenvalue weighted by Crippen LogP contribution is -2.63. The molecule has 0 amide bonds. The van der Waals surface area contributed by atoms with Crippen LogP contribution in [0.25, 0.3) is 0 Å². The quantitative estimate of drug-likeness (QED) is 0.836. The van der Waals surface area contributed by atoms with Crippen LogP contribution in [-0.4, -0.2) is 58.6 Å². The fourth-order valence-corrected chi connectivity index (χ4v) is 2.90. The topological polar surface area (TPSA) is 55.4 Å². The largest absolute Gasteiger partial charge is 0.376 e. The maximum atomic E-state index is 6.01. The highest BCUT2D eigenvalue weighted by Gasteiger charge is 2.51. The second kappa shape index (κ2) is 7.04. The minimum absolute atomic E-state index is 0.270. The van der Waals surface area contributed by atoms with Gasteiger partial charge < -0.3 is 28.4 Å². The molecule has 2 heterocycles. The Balaban J connectivity index is 1.79. The molecule has 3 rings (SSSR count). The molecule has 1 aromatic rings. The number of methoxy groups -OCH3 is 3. The average Bonchev–Trinajstić information content (AvgIpc) is 2.60. The van der Waals surface area contributed by atoms with Crippen molar-refractivity contribution >= 4 is 0 Å². The summed E-state index contributed by atoms with van der Waals surface area (Å²) in [5.74, 6) is 0. The van der Waals surface area contributed by atoms with Crippen LogP contribution in [0.2, 0.25) is 0 Å². The Labute approximate surface area is 130 Å². The summed E-state index contributed by atoms with van der Waals surface area (Å²) in [7, 11) is 4.82. The van der Waals surface area contributed by atoms with Crippen molar-refractivity contribution < 1.29 is 28.4 Å². The van der Waals surface area contributed by atoms with Crippen molar-refractivity contribution in [3.05, 3.63) is 42.2 Å². The molecule has 2 saturated heterocycles. The fraction of sp³-hybridized carbons (Fsp3) is 0.562. The van der Waals surface area contributed by atoms with E-state index in [9.17, 15) is 0 Å². The van der Waals surface area contributed by atoms with Crippen LogP contribution < -0.4 is 0 Å². The van der Waals surface area contributed by atoms with E-state index < -0.39 is 6.29 Å². The van der Waals surface area contributed by atoms with E-state index in [0.717, 1.165) is 5.56 Å². The summed E-state index contributed by atoms with van der Waals surface area (Å²) in [5.41, 5.74) is 0.888. The summed E-state index contributed by atoms with van der Waals surface area (Å²) in [6, 6.07) is 9.69. The van der Waals surface area contributed by atoms with Crippen LogP contribution in [0.4, 0.5) is 0 Å². The second-order valence-electron chi connectivity index (χ2n) is 5.23. The van der Waals surface area contributed by atoms with Gasteiger partial charge in [-0.3, -0.25) is 0 Å². The van der Waals surface area contributed by atoms with Gasteiger partial charge >= 0.3 is 0 Å². The Kier molecular flexibility index (Phi) is 5.07. The van der Waals surface area contributed by atoms with Gasteiger partial charge in [-0.25, -0.2) is 0 Å². The van der Waals surface area contributed by atoms with Gasteiger partial charge in [0.05, 0.1) is 6.61 Å². The van der Waals surface area contributed by atoms with Crippen LogP contribution in [0, 0.1) is 6.29 Å². The summed E-state index contributed by atoms with van der Waals surface area (Å²) in [6.07, 6.45) is -1.29. The van der Waals surface area contributed by atoms with Crippen molar-refractivity contribution in [3.63, 3.8) is 0 Å². The molecule has 2 aliphatic rings. The van der Waals surface area contributed by atoms with Crippen LogP contribution >= 0.6 is 0 Å².